The molecule has 0 spiro atoms. The van der Waals surface area contributed by atoms with Gasteiger partial charge < -0.3 is 9.47 Å². The van der Waals surface area contributed by atoms with E-state index in [1.807, 2.05) is 25.1 Å². The second-order valence-corrected chi connectivity index (χ2v) is 4.93. The van der Waals surface area contributed by atoms with Crippen molar-refractivity contribution in [2.75, 3.05) is 20.3 Å². The van der Waals surface area contributed by atoms with Crippen LogP contribution in [-0.4, -0.2) is 31.5 Å². The topological polar surface area (TPSA) is 35.5 Å². The molecule has 0 saturated carbocycles. The average Bonchev–Trinajstić information content (AvgIpc) is 2.37. The van der Waals surface area contributed by atoms with Gasteiger partial charge in [-0.05, 0) is 12.5 Å². The maximum absolute atomic E-state index is 11.5. The summed E-state index contributed by atoms with van der Waals surface area (Å²) in [5, 5.41) is -0.146. The van der Waals surface area contributed by atoms with E-state index < -0.39 is 0 Å². The summed E-state index contributed by atoms with van der Waals surface area (Å²) >= 11 is 1.58. The van der Waals surface area contributed by atoms with Crippen molar-refractivity contribution in [1.29, 1.82) is 0 Å². The van der Waals surface area contributed by atoms with Crippen molar-refractivity contribution in [3.63, 3.8) is 0 Å². The molecule has 3 nitrogen and oxygen atoms in total. The van der Waals surface area contributed by atoms with Crippen molar-refractivity contribution in [3.8, 4) is 0 Å². The van der Waals surface area contributed by atoms with Gasteiger partial charge in [0.15, 0.2) is 0 Å². The first-order chi connectivity index (χ1) is 8.24. The number of carbonyl (C=O) groups excluding carboxylic acids is 1. The van der Waals surface area contributed by atoms with Gasteiger partial charge in [-0.3, -0.25) is 4.79 Å². The molecule has 0 aliphatic heterocycles. The molecule has 0 aliphatic rings. The van der Waals surface area contributed by atoms with Crippen LogP contribution in [0.5, 0.6) is 0 Å². The minimum absolute atomic E-state index is 0.146. The van der Waals surface area contributed by atoms with Gasteiger partial charge in [0.25, 0.3) is 0 Å². The number of benzene rings is 1. The minimum atomic E-state index is -0.178. The molecule has 94 valence electrons. The Bertz CT molecular complexity index is 327. The summed E-state index contributed by atoms with van der Waals surface area (Å²) in [7, 11) is 1.58. The summed E-state index contributed by atoms with van der Waals surface area (Å²) < 4.78 is 9.87. The van der Waals surface area contributed by atoms with Crippen molar-refractivity contribution < 1.29 is 14.3 Å². The van der Waals surface area contributed by atoms with Gasteiger partial charge in [-0.1, -0.05) is 30.3 Å². The molecule has 0 heterocycles. The van der Waals surface area contributed by atoms with Crippen molar-refractivity contribution >= 4 is 17.7 Å². The Morgan fingerprint density at radius 3 is 2.65 bits per heavy atom. The third-order valence-corrected chi connectivity index (χ3v) is 3.40. The zero-order chi connectivity index (χ0) is 12.5. The lowest BCUT2D eigenvalue weighted by Crippen LogP contribution is -2.19. The maximum Gasteiger partial charge on any atom is 0.318 e. The molecule has 0 amide bonds. The quantitative estimate of drug-likeness (QED) is 0.553. The van der Waals surface area contributed by atoms with Crippen LogP contribution >= 0.6 is 11.8 Å². The molecule has 1 rings (SSSR count). The zero-order valence-electron chi connectivity index (χ0n) is 10.2. The van der Waals surface area contributed by atoms with Crippen LogP contribution in [0.1, 0.15) is 12.5 Å². The van der Waals surface area contributed by atoms with Crippen LogP contribution in [0.25, 0.3) is 0 Å². The standard InChI is InChI=1S/C13H18O3S/c1-11(13(14)16-9-8-15-2)17-10-12-6-4-3-5-7-12/h3-7,11H,8-10H2,1-2H3. The molecule has 17 heavy (non-hydrogen) atoms. The van der Waals surface area contributed by atoms with Crippen LogP contribution < -0.4 is 0 Å². The summed E-state index contributed by atoms with van der Waals surface area (Å²) in [5.74, 6) is 0.643. The smallest absolute Gasteiger partial charge is 0.318 e. The fourth-order valence-corrected chi connectivity index (χ4v) is 2.05. The predicted molar refractivity (Wildman–Crippen MR) is 70.0 cm³/mol. The van der Waals surface area contributed by atoms with Crippen LogP contribution in [0.4, 0.5) is 0 Å². The molecule has 0 fully saturated rings. The van der Waals surface area contributed by atoms with Crippen LogP contribution in [0.15, 0.2) is 30.3 Å². The van der Waals surface area contributed by atoms with Crippen molar-refractivity contribution in [2.24, 2.45) is 0 Å². The molecule has 1 aromatic rings. The number of hydrogen-bond acceptors (Lipinski definition) is 4. The highest BCUT2D eigenvalue weighted by Crippen LogP contribution is 2.18. The third-order valence-electron chi connectivity index (χ3n) is 2.21. The molecule has 0 aromatic heterocycles. The number of esters is 1. The lowest BCUT2D eigenvalue weighted by Gasteiger charge is -2.10. The highest BCUT2D eigenvalue weighted by atomic mass is 32.2. The summed E-state index contributed by atoms with van der Waals surface area (Å²) in [5.41, 5.74) is 1.22. The van der Waals surface area contributed by atoms with Crippen molar-refractivity contribution in [2.45, 2.75) is 17.9 Å². The average molecular weight is 254 g/mol. The van der Waals surface area contributed by atoms with Crippen LogP contribution in [0, 0.1) is 0 Å². The van der Waals surface area contributed by atoms with Gasteiger partial charge in [0.05, 0.1) is 11.9 Å². The molecular formula is C13H18O3S. The Kier molecular flexibility index (Phi) is 6.74. The van der Waals surface area contributed by atoms with E-state index in [0.717, 1.165) is 5.75 Å². The molecule has 0 radical (unpaired) electrons. The first-order valence-corrected chi connectivity index (χ1v) is 6.60. The van der Waals surface area contributed by atoms with Gasteiger partial charge in [0, 0.05) is 12.9 Å². The van der Waals surface area contributed by atoms with Gasteiger partial charge >= 0.3 is 5.97 Å². The van der Waals surface area contributed by atoms with E-state index in [0.29, 0.717) is 13.2 Å². The van der Waals surface area contributed by atoms with Gasteiger partial charge in [-0.25, -0.2) is 0 Å². The molecule has 0 aliphatic carbocycles. The fourth-order valence-electron chi connectivity index (χ4n) is 1.21. The van der Waals surface area contributed by atoms with E-state index in [1.165, 1.54) is 5.56 Å². The Balaban J connectivity index is 2.24. The minimum Gasteiger partial charge on any atom is -0.462 e. The zero-order valence-corrected chi connectivity index (χ0v) is 11.0. The Labute approximate surface area is 106 Å². The number of methoxy groups -OCH3 is 1. The van der Waals surface area contributed by atoms with E-state index in [9.17, 15) is 4.79 Å². The van der Waals surface area contributed by atoms with Crippen molar-refractivity contribution in [1.82, 2.24) is 0 Å². The van der Waals surface area contributed by atoms with E-state index in [1.54, 1.807) is 18.9 Å². The number of thioether (sulfide) groups is 1. The third kappa shape index (κ3) is 5.75. The molecule has 1 unspecified atom stereocenters. The van der Waals surface area contributed by atoms with Gasteiger partial charge in [-0.15, -0.1) is 11.8 Å². The van der Waals surface area contributed by atoms with E-state index in [4.69, 9.17) is 9.47 Å². The van der Waals surface area contributed by atoms with Gasteiger partial charge in [0.2, 0.25) is 0 Å². The highest BCUT2D eigenvalue weighted by Gasteiger charge is 2.14. The molecule has 0 saturated heterocycles. The Morgan fingerprint density at radius 2 is 2.00 bits per heavy atom. The number of hydrogen-bond donors (Lipinski definition) is 0. The molecule has 1 atom stereocenters. The lowest BCUT2D eigenvalue weighted by atomic mass is 10.2. The Hall–Kier alpha value is -1.00. The molecule has 0 bridgehead atoms. The predicted octanol–water partition coefficient (Wildman–Crippen LogP) is 2.50. The van der Waals surface area contributed by atoms with Gasteiger partial charge in [-0.2, -0.15) is 0 Å². The van der Waals surface area contributed by atoms with E-state index >= 15 is 0 Å². The first-order valence-electron chi connectivity index (χ1n) is 5.55. The molecule has 1 aromatic carbocycles. The number of rotatable bonds is 7. The van der Waals surface area contributed by atoms with E-state index in [2.05, 4.69) is 12.1 Å². The highest BCUT2D eigenvalue weighted by molar-refractivity contribution is 7.99. The van der Waals surface area contributed by atoms with Crippen LogP contribution in [-0.2, 0) is 20.0 Å². The fraction of sp³-hybridized carbons (Fsp3) is 0.462. The molecular weight excluding hydrogens is 236 g/mol. The second-order valence-electron chi connectivity index (χ2n) is 3.60. The van der Waals surface area contributed by atoms with Crippen LogP contribution in [0.3, 0.4) is 0 Å². The number of ether oxygens (including phenoxy) is 2. The normalized spacial score (nSPS) is 12.1. The summed E-state index contributed by atoms with van der Waals surface area (Å²) in [6.45, 7) is 2.64. The first kappa shape index (κ1) is 14.1. The lowest BCUT2D eigenvalue weighted by molar-refractivity contribution is -0.143. The number of carbonyl (C=O) groups is 1. The monoisotopic (exact) mass is 254 g/mol. The second kappa shape index (κ2) is 8.14. The molecule has 4 heteroatoms. The Morgan fingerprint density at radius 1 is 1.29 bits per heavy atom. The molecule has 0 N–H and O–H groups in total. The summed E-state index contributed by atoms with van der Waals surface area (Å²) in [6, 6.07) is 10.1. The largest absolute Gasteiger partial charge is 0.462 e. The summed E-state index contributed by atoms with van der Waals surface area (Å²) in [4.78, 5) is 11.5. The van der Waals surface area contributed by atoms with Gasteiger partial charge in [0.1, 0.15) is 6.61 Å². The van der Waals surface area contributed by atoms with Crippen LogP contribution in [0.2, 0.25) is 0 Å². The maximum atomic E-state index is 11.5. The van der Waals surface area contributed by atoms with E-state index in [-0.39, 0.29) is 11.2 Å². The summed E-state index contributed by atoms with van der Waals surface area (Å²) in [6.07, 6.45) is 0. The van der Waals surface area contributed by atoms with Crippen molar-refractivity contribution in [3.05, 3.63) is 35.9 Å². The SMILES string of the molecule is COCCOC(=O)C(C)SCc1ccccc1.